The summed E-state index contributed by atoms with van der Waals surface area (Å²) in [6.45, 7) is 1.59. The number of thioether (sulfide) groups is 1. The molecular formula is C20H19N6OS+. The molecule has 1 fully saturated rings. The maximum Gasteiger partial charge on any atom is 0.330 e. The second-order valence-corrected chi connectivity index (χ2v) is 8.14. The number of benzene rings is 1. The average molecular weight is 391 g/mol. The van der Waals surface area contributed by atoms with E-state index in [2.05, 4.69) is 32.9 Å². The molecular weight excluding hydrogens is 372 g/mol. The van der Waals surface area contributed by atoms with Crippen LogP contribution < -0.4 is 0 Å². The Morgan fingerprint density at radius 1 is 1.18 bits per heavy atom. The standard InChI is InChI=1S/C20H19N6OS/c1-2-4-16-15(3-1)19-17(10-21-16)24-18(26(19)14-5-7-27-8-6-14)9-13-11-25-20(23-13)28-12-22-25/h1-4,10-12,14,20H,5-9H2/q+1. The topological polar surface area (TPSA) is 67.7 Å². The zero-order valence-corrected chi connectivity index (χ0v) is 16.0. The van der Waals surface area contributed by atoms with E-state index in [1.54, 1.807) is 11.8 Å². The Morgan fingerprint density at radius 2 is 2.07 bits per heavy atom. The van der Waals surface area contributed by atoms with E-state index in [9.17, 15) is 0 Å². The monoisotopic (exact) mass is 391 g/mol. The molecule has 1 aromatic carbocycles. The van der Waals surface area contributed by atoms with Crippen LogP contribution in [0.5, 0.6) is 0 Å². The van der Waals surface area contributed by atoms with Gasteiger partial charge in [0.05, 0.1) is 23.7 Å². The van der Waals surface area contributed by atoms with Crippen molar-refractivity contribution in [3.05, 3.63) is 36.3 Å². The number of hydrogen-bond acceptors (Lipinski definition) is 6. The number of hydrogen-bond donors (Lipinski definition) is 0. The minimum absolute atomic E-state index is 0.0541. The van der Waals surface area contributed by atoms with Gasteiger partial charge in [-0.1, -0.05) is 22.9 Å². The van der Waals surface area contributed by atoms with E-state index in [4.69, 9.17) is 14.7 Å². The predicted molar refractivity (Wildman–Crippen MR) is 111 cm³/mol. The normalized spacial score (nSPS) is 22.1. The molecule has 0 amide bonds. The number of rotatable bonds is 3. The molecule has 140 valence electrons. The van der Waals surface area contributed by atoms with Gasteiger partial charge in [0, 0.05) is 29.7 Å². The van der Waals surface area contributed by atoms with Crippen LogP contribution in [0.4, 0.5) is 0 Å². The lowest BCUT2D eigenvalue weighted by Crippen LogP contribution is -2.22. The van der Waals surface area contributed by atoms with Crippen molar-refractivity contribution in [1.82, 2.24) is 14.5 Å². The van der Waals surface area contributed by atoms with Crippen molar-refractivity contribution in [3.8, 4) is 0 Å². The average Bonchev–Trinajstić information content (AvgIpc) is 3.42. The lowest BCUT2D eigenvalue weighted by molar-refractivity contribution is -0.532. The number of aromatic nitrogens is 3. The van der Waals surface area contributed by atoms with Crippen molar-refractivity contribution in [2.24, 2.45) is 10.1 Å². The van der Waals surface area contributed by atoms with E-state index >= 15 is 0 Å². The van der Waals surface area contributed by atoms with Crippen LogP contribution in [-0.4, -0.2) is 55.4 Å². The molecule has 6 rings (SSSR count). The lowest BCUT2D eigenvalue weighted by atomic mass is 10.1. The van der Waals surface area contributed by atoms with Gasteiger partial charge in [0.2, 0.25) is 6.21 Å². The highest BCUT2D eigenvalue weighted by molar-refractivity contribution is 8.12. The molecule has 28 heavy (non-hydrogen) atoms. The third kappa shape index (κ3) is 2.59. The van der Waals surface area contributed by atoms with Crippen molar-refractivity contribution in [1.29, 1.82) is 0 Å². The van der Waals surface area contributed by atoms with E-state index in [-0.39, 0.29) is 5.50 Å². The number of nitrogens with zero attached hydrogens (tertiary/aromatic N) is 6. The molecule has 5 heterocycles. The van der Waals surface area contributed by atoms with Gasteiger partial charge in [-0.15, -0.1) is 0 Å². The van der Waals surface area contributed by atoms with Crippen LogP contribution in [0.2, 0.25) is 0 Å². The maximum absolute atomic E-state index is 5.62. The Balaban J connectivity index is 1.51. The highest BCUT2D eigenvalue weighted by atomic mass is 32.2. The van der Waals surface area contributed by atoms with Crippen LogP contribution in [0.3, 0.4) is 0 Å². The summed E-state index contributed by atoms with van der Waals surface area (Å²) in [5.41, 5.74) is 6.06. The summed E-state index contributed by atoms with van der Waals surface area (Å²) in [6, 6.07) is 8.70. The van der Waals surface area contributed by atoms with Gasteiger partial charge in [-0.05, 0) is 30.7 Å². The van der Waals surface area contributed by atoms with Crippen LogP contribution in [0.15, 0.2) is 40.6 Å². The second kappa shape index (κ2) is 6.49. The van der Waals surface area contributed by atoms with E-state index < -0.39 is 0 Å². The summed E-state index contributed by atoms with van der Waals surface area (Å²) in [5.74, 6) is 1.05. The molecule has 0 radical (unpaired) electrons. The van der Waals surface area contributed by atoms with Crippen molar-refractivity contribution >= 4 is 51.2 Å². The van der Waals surface area contributed by atoms with Crippen LogP contribution in [-0.2, 0) is 11.2 Å². The van der Waals surface area contributed by atoms with E-state index in [1.807, 2.05) is 28.7 Å². The first kappa shape index (κ1) is 16.4. The van der Waals surface area contributed by atoms with Crippen LogP contribution in [0, 0.1) is 0 Å². The number of fused-ring (bicyclic) bond motifs is 4. The quantitative estimate of drug-likeness (QED) is 0.644. The summed E-state index contributed by atoms with van der Waals surface area (Å²) in [5, 5.41) is 5.49. The maximum atomic E-state index is 5.62. The van der Waals surface area contributed by atoms with Gasteiger partial charge >= 0.3 is 5.50 Å². The molecule has 2 aromatic heterocycles. The smallest absolute Gasteiger partial charge is 0.330 e. The number of para-hydroxylation sites is 1. The van der Waals surface area contributed by atoms with Crippen LogP contribution in [0.25, 0.3) is 21.9 Å². The number of ether oxygens (including phenoxy) is 1. The predicted octanol–water partition coefficient (Wildman–Crippen LogP) is 2.99. The first-order valence-corrected chi connectivity index (χ1v) is 10.5. The minimum atomic E-state index is 0.0541. The summed E-state index contributed by atoms with van der Waals surface area (Å²) < 4.78 is 9.96. The summed E-state index contributed by atoms with van der Waals surface area (Å²) in [7, 11) is 0. The van der Waals surface area contributed by atoms with Gasteiger partial charge in [0.15, 0.2) is 0 Å². The lowest BCUT2D eigenvalue weighted by Gasteiger charge is -2.26. The minimum Gasteiger partial charge on any atom is -0.381 e. The molecule has 1 saturated heterocycles. The van der Waals surface area contributed by atoms with Crippen molar-refractivity contribution in [2.45, 2.75) is 30.8 Å². The molecule has 7 nitrogen and oxygen atoms in total. The molecule has 3 aliphatic rings. The van der Waals surface area contributed by atoms with Crippen molar-refractivity contribution in [3.63, 3.8) is 0 Å². The fraction of sp³-hybridized carbons (Fsp3) is 0.350. The number of imidazole rings is 1. The molecule has 0 spiro atoms. The Morgan fingerprint density at radius 3 is 2.96 bits per heavy atom. The molecule has 1 unspecified atom stereocenters. The Labute approximate surface area is 165 Å². The fourth-order valence-corrected chi connectivity index (χ4v) is 4.97. The zero-order valence-electron chi connectivity index (χ0n) is 15.2. The summed E-state index contributed by atoms with van der Waals surface area (Å²) in [6.07, 6.45) is 6.63. The number of pyridine rings is 1. The third-order valence-corrected chi connectivity index (χ3v) is 6.32. The highest BCUT2D eigenvalue weighted by Gasteiger charge is 2.33. The van der Waals surface area contributed by atoms with Gasteiger partial charge in [-0.25, -0.2) is 9.98 Å². The van der Waals surface area contributed by atoms with Crippen LogP contribution in [0.1, 0.15) is 24.7 Å². The molecule has 8 heteroatoms. The van der Waals surface area contributed by atoms with E-state index in [0.29, 0.717) is 12.5 Å². The van der Waals surface area contributed by atoms with Gasteiger partial charge < -0.3 is 9.30 Å². The largest absolute Gasteiger partial charge is 0.381 e. The first-order valence-electron chi connectivity index (χ1n) is 9.57. The second-order valence-electron chi connectivity index (χ2n) is 7.24. The number of aliphatic imine (C=N–C) groups is 1. The molecule has 1 atom stereocenters. The molecule has 3 aromatic rings. The SMILES string of the molecule is C1=N[N+]2=CC(Cc3nc4cnc5ccccc5c4n3C3CCOCC3)=NC2S1. The van der Waals surface area contributed by atoms with E-state index in [0.717, 1.165) is 54.0 Å². The fourth-order valence-electron chi connectivity index (χ4n) is 4.26. The van der Waals surface area contributed by atoms with Gasteiger partial charge in [0.25, 0.3) is 0 Å². The van der Waals surface area contributed by atoms with Gasteiger partial charge in [-0.2, -0.15) is 0 Å². The molecule has 0 bridgehead atoms. The van der Waals surface area contributed by atoms with Gasteiger partial charge in [0.1, 0.15) is 22.6 Å². The van der Waals surface area contributed by atoms with Crippen molar-refractivity contribution < 1.29 is 9.42 Å². The van der Waals surface area contributed by atoms with E-state index in [1.165, 1.54) is 5.52 Å². The summed E-state index contributed by atoms with van der Waals surface area (Å²) >= 11 is 1.63. The van der Waals surface area contributed by atoms with Crippen LogP contribution >= 0.6 is 11.8 Å². The third-order valence-electron chi connectivity index (χ3n) is 5.54. The Bertz CT molecular complexity index is 1170. The summed E-state index contributed by atoms with van der Waals surface area (Å²) in [4.78, 5) is 14.4. The highest BCUT2D eigenvalue weighted by Crippen LogP contribution is 2.32. The molecule has 0 saturated carbocycles. The Kier molecular flexibility index (Phi) is 3.80. The zero-order chi connectivity index (χ0) is 18.5. The Hall–Kier alpha value is -2.58. The molecule has 0 aliphatic carbocycles. The number of hydrazone groups is 1. The van der Waals surface area contributed by atoms with Crippen molar-refractivity contribution in [2.75, 3.05) is 13.2 Å². The van der Waals surface area contributed by atoms with Gasteiger partial charge in [-0.3, -0.25) is 4.98 Å². The molecule has 3 aliphatic heterocycles. The first-order chi connectivity index (χ1) is 13.9. The molecule has 0 N–H and O–H groups in total.